The van der Waals surface area contributed by atoms with Gasteiger partial charge in [-0.3, -0.25) is 4.68 Å². The van der Waals surface area contributed by atoms with Crippen LogP contribution in [0.5, 0.6) is 0 Å². The van der Waals surface area contributed by atoms with Gasteiger partial charge in [0.2, 0.25) is 0 Å². The van der Waals surface area contributed by atoms with E-state index in [9.17, 15) is 5.11 Å². The number of aliphatic hydroxyl groups excluding tert-OH is 1. The molecule has 2 heterocycles. The second-order valence-electron chi connectivity index (χ2n) is 4.17. The minimum absolute atomic E-state index is 0.0882. The van der Waals surface area contributed by atoms with Crippen molar-refractivity contribution in [1.82, 2.24) is 14.8 Å². The van der Waals surface area contributed by atoms with Crippen LogP contribution in [0, 0.1) is 0 Å². The number of aliphatic hydroxyl groups is 1. The highest BCUT2D eigenvalue weighted by Gasteiger charge is 2.08. The Morgan fingerprint density at radius 1 is 1.44 bits per heavy atom. The van der Waals surface area contributed by atoms with Gasteiger partial charge in [-0.25, -0.2) is 4.98 Å². The van der Waals surface area contributed by atoms with E-state index >= 15 is 0 Å². The number of nitrogens with zero attached hydrogens (tertiary/aromatic N) is 4. The Morgan fingerprint density at radius 2 is 2.22 bits per heavy atom. The zero-order valence-corrected chi connectivity index (χ0v) is 11.1. The first-order chi connectivity index (χ1) is 8.60. The van der Waals surface area contributed by atoms with E-state index in [2.05, 4.69) is 10.1 Å². The predicted octanol–water partition coefficient (Wildman–Crippen LogP) is 1.60. The van der Waals surface area contributed by atoms with Crippen molar-refractivity contribution >= 4 is 17.4 Å². The van der Waals surface area contributed by atoms with Gasteiger partial charge in [0, 0.05) is 44.2 Å². The van der Waals surface area contributed by atoms with Gasteiger partial charge in [-0.15, -0.1) is 0 Å². The predicted molar refractivity (Wildman–Crippen MR) is 70.5 cm³/mol. The van der Waals surface area contributed by atoms with E-state index in [0.717, 1.165) is 11.4 Å². The van der Waals surface area contributed by atoms with Crippen LogP contribution >= 0.6 is 11.6 Å². The maximum Gasteiger partial charge on any atom is 0.128 e. The highest BCUT2D eigenvalue weighted by Crippen LogP contribution is 2.20. The molecule has 1 N–H and O–H groups in total. The molecular weight excluding hydrogens is 252 g/mol. The molecule has 2 aromatic rings. The lowest BCUT2D eigenvalue weighted by Crippen LogP contribution is -2.17. The van der Waals surface area contributed by atoms with Gasteiger partial charge in [0.1, 0.15) is 5.82 Å². The Kier molecular flexibility index (Phi) is 3.84. The maximum absolute atomic E-state index is 9.17. The largest absolute Gasteiger partial charge is 0.392 e. The molecule has 0 aliphatic heterocycles. The summed E-state index contributed by atoms with van der Waals surface area (Å²) in [5.74, 6) is 0.771. The Labute approximate surface area is 111 Å². The standard InChI is InChI=1S/C12H15ClN4O/c1-16(6-9-4-15-17(2)7-9)12-3-10(8-18)11(13)5-14-12/h3-5,7,18H,6,8H2,1-2H3. The quantitative estimate of drug-likeness (QED) is 0.913. The van der Waals surface area contributed by atoms with Crippen LogP contribution in [0.15, 0.2) is 24.7 Å². The molecule has 0 saturated carbocycles. The molecule has 96 valence electrons. The molecule has 0 spiro atoms. The monoisotopic (exact) mass is 266 g/mol. The van der Waals surface area contributed by atoms with Crippen molar-refractivity contribution in [2.75, 3.05) is 11.9 Å². The fourth-order valence-electron chi connectivity index (χ4n) is 1.71. The van der Waals surface area contributed by atoms with Crippen LogP contribution in [0.4, 0.5) is 5.82 Å². The van der Waals surface area contributed by atoms with Crippen LogP contribution in [0.25, 0.3) is 0 Å². The molecule has 0 aliphatic carbocycles. The van der Waals surface area contributed by atoms with E-state index in [0.29, 0.717) is 17.1 Å². The van der Waals surface area contributed by atoms with Crippen LogP contribution in [-0.2, 0) is 20.2 Å². The molecule has 5 nitrogen and oxygen atoms in total. The molecule has 0 bridgehead atoms. The number of hydrogen-bond acceptors (Lipinski definition) is 4. The molecule has 0 amide bonds. The Bertz CT molecular complexity index is 541. The minimum Gasteiger partial charge on any atom is -0.392 e. The van der Waals surface area contributed by atoms with Gasteiger partial charge in [0.25, 0.3) is 0 Å². The van der Waals surface area contributed by atoms with Crippen molar-refractivity contribution in [3.05, 3.63) is 40.8 Å². The number of hydrogen-bond donors (Lipinski definition) is 1. The zero-order valence-electron chi connectivity index (χ0n) is 10.3. The van der Waals surface area contributed by atoms with Gasteiger partial charge >= 0.3 is 0 Å². The smallest absolute Gasteiger partial charge is 0.128 e. The third kappa shape index (κ3) is 2.80. The van der Waals surface area contributed by atoms with Crippen molar-refractivity contribution in [3.8, 4) is 0 Å². The Hall–Kier alpha value is -1.59. The van der Waals surface area contributed by atoms with E-state index in [1.54, 1.807) is 16.9 Å². The lowest BCUT2D eigenvalue weighted by Gasteiger charge is -2.18. The third-order valence-electron chi connectivity index (χ3n) is 2.66. The average molecular weight is 267 g/mol. The second kappa shape index (κ2) is 5.37. The van der Waals surface area contributed by atoms with E-state index < -0.39 is 0 Å². The normalized spacial score (nSPS) is 10.7. The van der Waals surface area contributed by atoms with Crippen molar-refractivity contribution in [3.63, 3.8) is 0 Å². The highest BCUT2D eigenvalue weighted by molar-refractivity contribution is 6.31. The first-order valence-corrected chi connectivity index (χ1v) is 5.92. The first-order valence-electron chi connectivity index (χ1n) is 5.54. The van der Waals surface area contributed by atoms with Crippen LogP contribution in [0.1, 0.15) is 11.1 Å². The van der Waals surface area contributed by atoms with Crippen LogP contribution in [0.3, 0.4) is 0 Å². The lowest BCUT2D eigenvalue weighted by atomic mass is 10.2. The van der Waals surface area contributed by atoms with Crippen LogP contribution in [0.2, 0.25) is 5.02 Å². The number of anilines is 1. The van der Waals surface area contributed by atoms with Gasteiger partial charge in [-0.1, -0.05) is 11.6 Å². The molecule has 0 atom stereocenters. The third-order valence-corrected chi connectivity index (χ3v) is 3.00. The summed E-state index contributed by atoms with van der Waals surface area (Å²) in [6.45, 7) is 0.614. The zero-order chi connectivity index (χ0) is 13.1. The van der Waals surface area contributed by atoms with E-state index in [1.165, 1.54) is 0 Å². The number of aromatic nitrogens is 3. The number of aryl methyl sites for hydroxylation is 1. The summed E-state index contributed by atoms with van der Waals surface area (Å²) in [7, 11) is 3.82. The summed E-state index contributed by atoms with van der Waals surface area (Å²) in [6.07, 6.45) is 5.33. The molecule has 0 aromatic carbocycles. The molecular formula is C12H15ClN4O. The second-order valence-corrected chi connectivity index (χ2v) is 4.58. The van der Waals surface area contributed by atoms with Crippen LogP contribution in [-0.4, -0.2) is 26.9 Å². The van der Waals surface area contributed by atoms with Crippen molar-refractivity contribution in [1.29, 1.82) is 0 Å². The molecule has 0 unspecified atom stereocenters. The molecule has 2 aromatic heterocycles. The Morgan fingerprint density at radius 3 is 2.83 bits per heavy atom. The molecule has 0 saturated heterocycles. The summed E-state index contributed by atoms with van der Waals surface area (Å²) in [5, 5.41) is 13.8. The maximum atomic E-state index is 9.17. The topological polar surface area (TPSA) is 54.2 Å². The molecule has 18 heavy (non-hydrogen) atoms. The summed E-state index contributed by atoms with van der Waals surface area (Å²) in [6, 6.07) is 1.79. The minimum atomic E-state index is -0.0882. The van der Waals surface area contributed by atoms with Crippen molar-refractivity contribution < 1.29 is 5.11 Å². The summed E-state index contributed by atoms with van der Waals surface area (Å²) >= 11 is 5.91. The SMILES string of the molecule is CN(Cc1cnn(C)c1)c1cc(CO)c(Cl)cn1. The number of rotatable bonds is 4. The lowest BCUT2D eigenvalue weighted by molar-refractivity contribution is 0.282. The molecule has 0 fully saturated rings. The molecule has 0 radical (unpaired) electrons. The van der Waals surface area contributed by atoms with E-state index in [1.807, 2.05) is 31.4 Å². The highest BCUT2D eigenvalue weighted by atomic mass is 35.5. The van der Waals surface area contributed by atoms with Gasteiger partial charge in [0.05, 0.1) is 17.8 Å². The molecule has 0 aliphatic rings. The fourth-order valence-corrected chi connectivity index (χ4v) is 1.87. The van der Waals surface area contributed by atoms with Crippen LogP contribution < -0.4 is 4.90 Å². The number of halogens is 1. The summed E-state index contributed by atoms with van der Waals surface area (Å²) < 4.78 is 1.76. The van der Waals surface area contributed by atoms with E-state index in [4.69, 9.17) is 11.6 Å². The van der Waals surface area contributed by atoms with Crippen molar-refractivity contribution in [2.45, 2.75) is 13.2 Å². The molecule has 2 rings (SSSR count). The average Bonchev–Trinajstić information content (AvgIpc) is 2.75. The molecule has 6 heteroatoms. The summed E-state index contributed by atoms with van der Waals surface area (Å²) in [4.78, 5) is 6.22. The van der Waals surface area contributed by atoms with Gasteiger partial charge in [0.15, 0.2) is 0 Å². The first kappa shape index (κ1) is 12.9. The van der Waals surface area contributed by atoms with Gasteiger partial charge in [-0.05, 0) is 6.07 Å². The summed E-state index contributed by atoms with van der Waals surface area (Å²) in [5.41, 5.74) is 1.78. The Balaban J connectivity index is 2.15. The van der Waals surface area contributed by atoms with Gasteiger partial charge < -0.3 is 10.0 Å². The van der Waals surface area contributed by atoms with Gasteiger partial charge in [-0.2, -0.15) is 5.10 Å². The van der Waals surface area contributed by atoms with E-state index in [-0.39, 0.29) is 6.61 Å². The fraction of sp³-hybridized carbons (Fsp3) is 0.333. The number of pyridine rings is 1. The van der Waals surface area contributed by atoms with Crippen molar-refractivity contribution in [2.24, 2.45) is 7.05 Å².